The molecule has 1 aliphatic carbocycles. The summed E-state index contributed by atoms with van der Waals surface area (Å²) in [5.41, 5.74) is 4.11. The van der Waals surface area contributed by atoms with Crippen molar-refractivity contribution >= 4 is 45.4 Å². The Kier molecular flexibility index (Phi) is 7.15. The molecule has 0 saturated heterocycles. The van der Waals surface area contributed by atoms with Gasteiger partial charge in [0, 0.05) is 10.6 Å². The van der Waals surface area contributed by atoms with Gasteiger partial charge in [-0.1, -0.05) is 69.6 Å². The van der Waals surface area contributed by atoms with Gasteiger partial charge in [-0.25, -0.2) is 0 Å². The van der Waals surface area contributed by atoms with E-state index in [2.05, 4.69) is 38.3 Å². The fraction of sp³-hybridized carbons (Fsp3) is 0.357. The molecule has 2 aromatic carbocycles. The number of hydrogen-bond acceptors (Lipinski definition) is 3. The van der Waals surface area contributed by atoms with Crippen LogP contribution in [0.25, 0.3) is 0 Å². The van der Waals surface area contributed by atoms with Crippen molar-refractivity contribution in [3.05, 3.63) is 80.7 Å². The molecule has 1 unspecified atom stereocenters. The molecule has 1 atom stereocenters. The minimum atomic E-state index is -0.306. The summed E-state index contributed by atoms with van der Waals surface area (Å²) in [7, 11) is 0. The van der Waals surface area contributed by atoms with Crippen LogP contribution in [-0.4, -0.2) is 11.8 Å². The third-order valence-electron chi connectivity index (χ3n) is 6.71. The summed E-state index contributed by atoms with van der Waals surface area (Å²) in [6.45, 7) is 8.88. The van der Waals surface area contributed by atoms with Gasteiger partial charge in [-0.3, -0.25) is 9.59 Å². The molecule has 0 bridgehead atoms. The van der Waals surface area contributed by atoms with Gasteiger partial charge in [-0.05, 0) is 66.3 Å². The Morgan fingerprint density at radius 2 is 1.74 bits per heavy atom. The van der Waals surface area contributed by atoms with Gasteiger partial charge in [0.1, 0.15) is 5.00 Å². The predicted octanol–water partition coefficient (Wildman–Crippen LogP) is 7.62. The van der Waals surface area contributed by atoms with Crippen molar-refractivity contribution in [1.29, 1.82) is 0 Å². The molecule has 6 heteroatoms. The Labute approximate surface area is 210 Å². The number of carbonyl (C=O) groups is 2. The van der Waals surface area contributed by atoms with Crippen LogP contribution >= 0.6 is 22.9 Å². The molecular formula is C28H31ClN2O2S. The number of hydrogen-bond donors (Lipinski definition) is 2. The minimum absolute atomic E-state index is 0.179. The molecule has 0 spiro atoms. The number of aryl methyl sites for hydroxylation is 1. The second-order valence-corrected chi connectivity index (χ2v) is 11.4. The molecule has 2 N–H and O–H groups in total. The first kappa shape index (κ1) is 24.5. The van der Waals surface area contributed by atoms with Crippen LogP contribution in [0.4, 0.5) is 10.7 Å². The highest BCUT2D eigenvalue weighted by Gasteiger charge is 2.34. The second-order valence-electron chi connectivity index (χ2n) is 9.91. The molecule has 3 aromatic rings. The molecular weight excluding hydrogens is 464 g/mol. The number of halogens is 1. The molecule has 1 aliphatic rings. The fourth-order valence-corrected chi connectivity index (χ4v) is 6.15. The third-order valence-corrected chi connectivity index (χ3v) is 8.21. The smallest absolute Gasteiger partial charge is 0.258 e. The predicted molar refractivity (Wildman–Crippen MR) is 142 cm³/mol. The molecule has 1 aromatic heterocycles. The number of fused-ring (bicyclic) bond motifs is 1. The first-order valence-electron chi connectivity index (χ1n) is 11.8. The molecule has 0 saturated carbocycles. The van der Waals surface area contributed by atoms with Gasteiger partial charge in [0.2, 0.25) is 0 Å². The van der Waals surface area contributed by atoms with Gasteiger partial charge < -0.3 is 10.6 Å². The third kappa shape index (κ3) is 5.06. The largest absolute Gasteiger partial charge is 0.322 e. The monoisotopic (exact) mass is 494 g/mol. The van der Waals surface area contributed by atoms with Crippen molar-refractivity contribution in [3.8, 4) is 0 Å². The number of nitrogens with one attached hydrogen (secondary N) is 2. The number of carbonyl (C=O) groups excluding carboxylic acids is 2. The lowest BCUT2D eigenvalue weighted by atomic mass is 9.72. The fourth-order valence-electron chi connectivity index (χ4n) is 4.60. The molecule has 2 amide bonds. The van der Waals surface area contributed by atoms with Crippen molar-refractivity contribution in [1.82, 2.24) is 0 Å². The van der Waals surface area contributed by atoms with Gasteiger partial charge in [0.15, 0.2) is 0 Å². The van der Waals surface area contributed by atoms with Gasteiger partial charge >= 0.3 is 0 Å². The van der Waals surface area contributed by atoms with Crippen molar-refractivity contribution < 1.29 is 9.59 Å². The van der Waals surface area contributed by atoms with Crippen LogP contribution in [0.5, 0.6) is 0 Å². The summed E-state index contributed by atoms with van der Waals surface area (Å²) >= 11 is 7.79. The molecule has 1 heterocycles. The van der Waals surface area contributed by atoms with Crippen molar-refractivity contribution in [3.63, 3.8) is 0 Å². The van der Waals surface area contributed by atoms with E-state index in [1.807, 2.05) is 24.3 Å². The standard InChI is InChI=1S/C28H31ClN2O2S/c1-5-17-10-6-9-13-22(17)30-26(33)24-20-15-14-18(28(2,3)4)16-23(20)34-27(24)31-25(32)19-11-7-8-12-21(19)29/h6-13,18H,5,14-16H2,1-4H3,(H,30,33)(H,31,32). The van der Waals surface area contributed by atoms with E-state index in [-0.39, 0.29) is 17.2 Å². The van der Waals surface area contributed by atoms with Gasteiger partial charge in [-0.2, -0.15) is 0 Å². The first-order valence-corrected chi connectivity index (χ1v) is 13.0. The molecule has 0 radical (unpaired) electrons. The number of thiophene rings is 1. The topological polar surface area (TPSA) is 58.2 Å². The Morgan fingerprint density at radius 3 is 2.44 bits per heavy atom. The van der Waals surface area contributed by atoms with Crippen LogP contribution in [0, 0.1) is 11.3 Å². The highest BCUT2D eigenvalue weighted by Crippen LogP contribution is 2.44. The van der Waals surface area contributed by atoms with E-state index in [9.17, 15) is 9.59 Å². The average molecular weight is 495 g/mol. The lowest BCUT2D eigenvalue weighted by Crippen LogP contribution is -2.27. The van der Waals surface area contributed by atoms with E-state index in [0.29, 0.717) is 27.1 Å². The van der Waals surface area contributed by atoms with Crippen molar-refractivity contribution in [2.24, 2.45) is 11.3 Å². The van der Waals surface area contributed by atoms with Crippen LogP contribution in [0.15, 0.2) is 48.5 Å². The Balaban J connectivity index is 1.71. The molecule has 34 heavy (non-hydrogen) atoms. The van der Waals surface area contributed by atoms with E-state index >= 15 is 0 Å². The van der Waals surface area contributed by atoms with Crippen molar-refractivity contribution in [2.45, 2.75) is 53.4 Å². The van der Waals surface area contributed by atoms with Crippen LogP contribution in [0.2, 0.25) is 5.02 Å². The molecule has 0 aliphatic heterocycles. The average Bonchev–Trinajstić information content (AvgIpc) is 3.16. The number of rotatable bonds is 5. The summed E-state index contributed by atoms with van der Waals surface area (Å²) in [5.74, 6) is 0.0455. The number of benzene rings is 2. The number of anilines is 2. The van der Waals surface area contributed by atoms with Gasteiger partial charge in [0.05, 0.1) is 16.1 Å². The lowest BCUT2D eigenvalue weighted by Gasteiger charge is -2.33. The minimum Gasteiger partial charge on any atom is -0.322 e. The van der Waals surface area contributed by atoms with E-state index in [1.54, 1.807) is 24.3 Å². The van der Waals surface area contributed by atoms with E-state index < -0.39 is 0 Å². The van der Waals surface area contributed by atoms with E-state index in [0.717, 1.165) is 42.5 Å². The summed E-state index contributed by atoms with van der Waals surface area (Å²) in [5, 5.41) is 7.10. The highest BCUT2D eigenvalue weighted by atomic mass is 35.5. The van der Waals surface area contributed by atoms with Crippen LogP contribution in [0.3, 0.4) is 0 Å². The zero-order chi connectivity index (χ0) is 24.5. The summed E-state index contributed by atoms with van der Waals surface area (Å²) in [6, 6.07) is 14.8. The Bertz CT molecular complexity index is 1230. The second kappa shape index (κ2) is 9.93. The maximum absolute atomic E-state index is 13.6. The quantitative estimate of drug-likeness (QED) is 0.383. The Hall–Kier alpha value is -2.63. The SMILES string of the molecule is CCc1ccccc1NC(=O)c1c(NC(=O)c2ccccc2Cl)sc2c1CCC(C(C)(C)C)C2. The first-order chi connectivity index (χ1) is 16.2. The van der Waals surface area contributed by atoms with Crippen molar-refractivity contribution in [2.75, 3.05) is 10.6 Å². The molecule has 0 fully saturated rings. The maximum atomic E-state index is 13.6. The molecule has 4 nitrogen and oxygen atoms in total. The zero-order valence-electron chi connectivity index (χ0n) is 20.1. The Morgan fingerprint density at radius 1 is 1.03 bits per heavy atom. The van der Waals surface area contributed by atoms with Gasteiger partial charge in [-0.15, -0.1) is 11.3 Å². The summed E-state index contributed by atoms with van der Waals surface area (Å²) in [6.07, 6.45) is 3.59. The summed E-state index contributed by atoms with van der Waals surface area (Å²) < 4.78 is 0. The maximum Gasteiger partial charge on any atom is 0.258 e. The zero-order valence-corrected chi connectivity index (χ0v) is 21.7. The molecule has 178 valence electrons. The summed E-state index contributed by atoms with van der Waals surface area (Å²) in [4.78, 5) is 27.9. The molecule has 4 rings (SSSR count). The van der Waals surface area contributed by atoms with E-state index in [1.165, 1.54) is 16.2 Å². The van der Waals surface area contributed by atoms with Crippen LogP contribution in [0.1, 0.15) is 70.8 Å². The van der Waals surface area contributed by atoms with E-state index in [4.69, 9.17) is 11.6 Å². The van der Waals surface area contributed by atoms with Crippen LogP contribution in [-0.2, 0) is 19.3 Å². The van der Waals surface area contributed by atoms with Gasteiger partial charge in [0.25, 0.3) is 11.8 Å². The number of amides is 2. The van der Waals surface area contributed by atoms with Crippen LogP contribution < -0.4 is 10.6 Å². The number of para-hydroxylation sites is 1. The lowest BCUT2D eigenvalue weighted by molar-refractivity contribution is 0.102. The normalized spacial score (nSPS) is 15.5. The highest BCUT2D eigenvalue weighted by molar-refractivity contribution is 7.17.